The Labute approximate surface area is 92.9 Å². The van der Waals surface area contributed by atoms with Crippen molar-refractivity contribution in [1.29, 1.82) is 0 Å². The quantitative estimate of drug-likeness (QED) is 0.594. The molecule has 0 aliphatic rings. The number of nitrogens with zero attached hydrogens (tertiary/aromatic N) is 1. The van der Waals surface area contributed by atoms with Crippen LogP contribution in [0.25, 0.3) is 0 Å². The first-order chi connectivity index (χ1) is 7.42. The fraction of sp³-hybridized carbons (Fsp3) is 0.667. The topological polar surface area (TPSA) is 93.1 Å². The predicted molar refractivity (Wildman–Crippen MR) is 52.7 cm³/mol. The minimum atomic E-state index is -1.15. The molecule has 0 aromatic carbocycles. The van der Waals surface area contributed by atoms with E-state index in [4.69, 9.17) is 5.11 Å². The number of hydrogen-bond acceptors (Lipinski definition) is 6. The number of rotatable bonds is 6. The fourth-order valence-corrected chi connectivity index (χ4v) is 1.10. The molecule has 0 aromatic rings. The molecular formula is C9H15NO6. The van der Waals surface area contributed by atoms with Crippen molar-refractivity contribution in [2.24, 2.45) is 0 Å². The zero-order valence-electron chi connectivity index (χ0n) is 9.43. The molecule has 0 saturated carbocycles. The van der Waals surface area contributed by atoms with E-state index in [-0.39, 0.29) is 6.54 Å². The number of carbonyl (C=O) groups is 3. The normalized spacial score (nSPS) is 12.0. The van der Waals surface area contributed by atoms with Gasteiger partial charge in [-0.1, -0.05) is 0 Å². The maximum absolute atomic E-state index is 11.3. The van der Waals surface area contributed by atoms with Crippen LogP contribution in [0.15, 0.2) is 0 Å². The second-order valence-electron chi connectivity index (χ2n) is 3.13. The van der Waals surface area contributed by atoms with Crippen molar-refractivity contribution in [3.63, 3.8) is 0 Å². The minimum absolute atomic E-state index is 0.177. The molecule has 0 amide bonds. The first-order valence-corrected chi connectivity index (χ1v) is 4.49. The highest BCUT2D eigenvalue weighted by molar-refractivity contribution is 5.82. The largest absolute Gasteiger partial charge is 0.481 e. The molecule has 0 aromatic heterocycles. The zero-order valence-corrected chi connectivity index (χ0v) is 9.43. The number of carbonyl (C=O) groups excluding carboxylic acids is 2. The van der Waals surface area contributed by atoms with Gasteiger partial charge in [-0.3, -0.25) is 19.3 Å². The van der Waals surface area contributed by atoms with Gasteiger partial charge in [0, 0.05) is 0 Å². The Morgan fingerprint density at radius 1 is 1.25 bits per heavy atom. The smallest absolute Gasteiger partial charge is 0.323 e. The SMILES string of the molecule is COC(=O)CN(C)C(CC(=O)O)C(=O)OC. The molecule has 92 valence electrons. The lowest BCUT2D eigenvalue weighted by Gasteiger charge is -2.23. The number of likely N-dealkylation sites (N-methyl/N-ethyl adjacent to an activating group) is 1. The van der Waals surface area contributed by atoms with Crippen LogP contribution in [-0.2, 0) is 23.9 Å². The molecule has 1 N–H and O–H groups in total. The number of carboxylic acids is 1. The number of esters is 2. The summed E-state index contributed by atoms with van der Waals surface area (Å²) in [5, 5.41) is 8.62. The highest BCUT2D eigenvalue weighted by Crippen LogP contribution is 2.04. The van der Waals surface area contributed by atoms with E-state index in [1.807, 2.05) is 0 Å². The van der Waals surface area contributed by atoms with Gasteiger partial charge in [0.25, 0.3) is 0 Å². The summed E-state index contributed by atoms with van der Waals surface area (Å²) >= 11 is 0. The molecule has 0 spiro atoms. The molecule has 0 heterocycles. The molecule has 0 aliphatic carbocycles. The molecule has 0 saturated heterocycles. The lowest BCUT2D eigenvalue weighted by Crippen LogP contribution is -2.43. The van der Waals surface area contributed by atoms with Crippen LogP contribution in [0.3, 0.4) is 0 Å². The molecule has 0 aliphatic heterocycles. The number of aliphatic carboxylic acids is 1. The van der Waals surface area contributed by atoms with Crippen LogP contribution in [0.2, 0.25) is 0 Å². The van der Waals surface area contributed by atoms with E-state index < -0.39 is 30.4 Å². The minimum Gasteiger partial charge on any atom is -0.481 e. The summed E-state index contributed by atoms with van der Waals surface area (Å²) in [6.45, 7) is -0.177. The molecule has 1 atom stereocenters. The fourth-order valence-electron chi connectivity index (χ4n) is 1.10. The van der Waals surface area contributed by atoms with Gasteiger partial charge in [-0.2, -0.15) is 0 Å². The van der Waals surface area contributed by atoms with Gasteiger partial charge in [-0.25, -0.2) is 0 Å². The molecule has 16 heavy (non-hydrogen) atoms. The Hall–Kier alpha value is -1.63. The average Bonchev–Trinajstić information content (AvgIpc) is 2.24. The lowest BCUT2D eigenvalue weighted by atomic mass is 10.2. The van der Waals surface area contributed by atoms with E-state index in [0.717, 1.165) is 7.11 Å². The number of methoxy groups -OCH3 is 2. The van der Waals surface area contributed by atoms with Crippen LogP contribution in [-0.4, -0.2) is 61.8 Å². The van der Waals surface area contributed by atoms with Crippen molar-refractivity contribution in [2.45, 2.75) is 12.5 Å². The Bertz CT molecular complexity index is 277. The van der Waals surface area contributed by atoms with Crippen LogP contribution in [0.4, 0.5) is 0 Å². The third kappa shape index (κ3) is 4.74. The van der Waals surface area contributed by atoms with Crippen molar-refractivity contribution in [2.75, 3.05) is 27.8 Å². The summed E-state index contributed by atoms with van der Waals surface area (Å²) in [7, 11) is 3.81. The Kier molecular flexibility index (Phi) is 6.09. The van der Waals surface area contributed by atoms with E-state index in [9.17, 15) is 14.4 Å². The summed E-state index contributed by atoms with van der Waals surface area (Å²) < 4.78 is 8.86. The highest BCUT2D eigenvalue weighted by Gasteiger charge is 2.28. The summed E-state index contributed by atoms with van der Waals surface area (Å²) in [4.78, 5) is 34.0. The Morgan fingerprint density at radius 3 is 2.19 bits per heavy atom. The second kappa shape index (κ2) is 6.78. The summed E-state index contributed by atoms with van der Waals surface area (Å²) in [6.07, 6.45) is -0.430. The Morgan fingerprint density at radius 2 is 1.81 bits per heavy atom. The standard InChI is InChI=1S/C9H15NO6/c1-10(5-8(13)15-2)6(4-7(11)12)9(14)16-3/h6H,4-5H2,1-3H3,(H,11,12). The van der Waals surface area contributed by atoms with Gasteiger partial charge in [0.1, 0.15) is 6.04 Å². The number of ether oxygens (including phenoxy) is 2. The summed E-state index contributed by atoms with van der Waals surface area (Å²) in [5.41, 5.74) is 0. The maximum atomic E-state index is 11.3. The average molecular weight is 233 g/mol. The van der Waals surface area contributed by atoms with Crippen LogP contribution in [0.1, 0.15) is 6.42 Å². The van der Waals surface area contributed by atoms with E-state index >= 15 is 0 Å². The summed E-state index contributed by atoms with van der Waals surface area (Å²) in [6, 6.07) is -0.999. The maximum Gasteiger partial charge on any atom is 0.323 e. The Balaban J connectivity index is 4.55. The molecular weight excluding hydrogens is 218 g/mol. The molecule has 0 rings (SSSR count). The molecule has 0 radical (unpaired) electrons. The first-order valence-electron chi connectivity index (χ1n) is 4.49. The van der Waals surface area contributed by atoms with E-state index in [1.165, 1.54) is 19.1 Å². The van der Waals surface area contributed by atoms with Crippen molar-refractivity contribution in [3.8, 4) is 0 Å². The first kappa shape index (κ1) is 14.4. The number of carboxylic acid groups (broad SMARTS) is 1. The molecule has 7 nitrogen and oxygen atoms in total. The van der Waals surface area contributed by atoms with E-state index in [1.54, 1.807) is 0 Å². The van der Waals surface area contributed by atoms with Crippen molar-refractivity contribution < 1.29 is 29.0 Å². The molecule has 0 fully saturated rings. The van der Waals surface area contributed by atoms with Crippen LogP contribution >= 0.6 is 0 Å². The van der Waals surface area contributed by atoms with Crippen molar-refractivity contribution in [3.05, 3.63) is 0 Å². The summed E-state index contributed by atoms with van der Waals surface area (Å²) in [5.74, 6) is -2.40. The van der Waals surface area contributed by atoms with E-state index in [0.29, 0.717) is 0 Å². The third-order valence-corrected chi connectivity index (χ3v) is 1.98. The molecule has 1 unspecified atom stereocenters. The van der Waals surface area contributed by atoms with Gasteiger partial charge >= 0.3 is 17.9 Å². The van der Waals surface area contributed by atoms with Gasteiger partial charge in [-0.05, 0) is 7.05 Å². The van der Waals surface area contributed by atoms with E-state index in [2.05, 4.69) is 9.47 Å². The molecule has 7 heteroatoms. The van der Waals surface area contributed by atoms with Gasteiger partial charge in [0.2, 0.25) is 0 Å². The van der Waals surface area contributed by atoms with Crippen LogP contribution in [0.5, 0.6) is 0 Å². The van der Waals surface area contributed by atoms with Gasteiger partial charge in [-0.15, -0.1) is 0 Å². The van der Waals surface area contributed by atoms with Gasteiger partial charge in [0.05, 0.1) is 27.2 Å². The van der Waals surface area contributed by atoms with Crippen molar-refractivity contribution in [1.82, 2.24) is 4.90 Å². The molecule has 0 bridgehead atoms. The van der Waals surface area contributed by atoms with Crippen LogP contribution < -0.4 is 0 Å². The van der Waals surface area contributed by atoms with Gasteiger partial charge in [0.15, 0.2) is 0 Å². The zero-order chi connectivity index (χ0) is 12.7. The number of hydrogen-bond donors (Lipinski definition) is 1. The third-order valence-electron chi connectivity index (χ3n) is 1.98. The predicted octanol–water partition coefficient (Wildman–Crippen LogP) is -0.892. The van der Waals surface area contributed by atoms with Crippen molar-refractivity contribution >= 4 is 17.9 Å². The lowest BCUT2D eigenvalue weighted by molar-refractivity contribution is -0.154. The highest BCUT2D eigenvalue weighted by atomic mass is 16.5. The van der Waals surface area contributed by atoms with Gasteiger partial charge < -0.3 is 14.6 Å². The second-order valence-corrected chi connectivity index (χ2v) is 3.13. The van der Waals surface area contributed by atoms with Crippen LogP contribution in [0, 0.1) is 0 Å². The monoisotopic (exact) mass is 233 g/mol.